The molecule has 0 bridgehead atoms. The van der Waals surface area contributed by atoms with Gasteiger partial charge in [-0.2, -0.15) is 0 Å². The molecule has 2 N–H and O–H groups in total. The van der Waals surface area contributed by atoms with Crippen LogP contribution in [0.2, 0.25) is 0 Å². The highest BCUT2D eigenvalue weighted by molar-refractivity contribution is 5.81. The Morgan fingerprint density at radius 1 is 1.55 bits per heavy atom. The van der Waals surface area contributed by atoms with E-state index in [9.17, 15) is 4.79 Å². The predicted octanol–water partition coefficient (Wildman–Crippen LogP) is 0.741. The number of nitrogens with one attached hydrogen (secondary N) is 1. The molecule has 1 heterocycles. The summed E-state index contributed by atoms with van der Waals surface area (Å²) >= 11 is 0. The minimum atomic E-state index is -0.130. The molecule has 1 atom stereocenters. The van der Waals surface area contributed by atoms with Gasteiger partial charge in [0.2, 0.25) is 5.91 Å². The molecule has 0 aromatic heterocycles. The summed E-state index contributed by atoms with van der Waals surface area (Å²) in [7, 11) is 1.68. The molecule has 20 heavy (non-hydrogen) atoms. The van der Waals surface area contributed by atoms with Crippen LogP contribution < -0.4 is 5.32 Å². The zero-order valence-electron chi connectivity index (χ0n) is 11.7. The summed E-state index contributed by atoms with van der Waals surface area (Å²) in [6.45, 7) is 1.58. The molecule has 4 heteroatoms. The van der Waals surface area contributed by atoms with Gasteiger partial charge in [-0.15, -0.1) is 0 Å². The Balaban J connectivity index is 2.07. The number of likely N-dealkylation sites (tertiary alicyclic amines) is 1. The molecule has 0 aliphatic carbocycles. The van der Waals surface area contributed by atoms with Gasteiger partial charge in [0.1, 0.15) is 6.61 Å². The van der Waals surface area contributed by atoms with Crippen molar-refractivity contribution in [2.24, 2.45) is 0 Å². The summed E-state index contributed by atoms with van der Waals surface area (Å²) < 4.78 is 0. The predicted molar refractivity (Wildman–Crippen MR) is 77.9 cm³/mol. The Morgan fingerprint density at radius 3 is 3.15 bits per heavy atom. The van der Waals surface area contributed by atoms with E-state index in [4.69, 9.17) is 5.11 Å². The van der Waals surface area contributed by atoms with E-state index in [2.05, 4.69) is 22.1 Å². The van der Waals surface area contributed by atoms with Gasteiger partial charge in [0, 0.05) is 19.2 Å². The number of hydrogen-bond acceptors (Lipinski definition) is 3. The molecule has 0 radical (unpaired) electrons. The van der Waals surface area contributed by atoms with Gasteiger partial charge in [-0.3, -0.25) is 9.69 Å². The van der Waals surface area contributed by atoms with Crippen LogP contribution in [0.25, 0.3) is 0 Å². The lowest BCUT2D eigenvalue weighted by Gasteiger charge is -2.23. The summed E-state index contributed by atoms with van der Waals surface area (Å²) in [4.78, 5) is 14.0. The van der Waals surface area contributed by atoms with Crippen LogP contribution in [0.15, 0.2) is 24.3 Å². The van der Waals surface area contributed by atoms with Gasteiger partial charge in [-0.25, -0.2) is 0 Å². The molecular weight excluding hydrogens is 252 g/mol. The number of rotatable bonds is 3. The van der Waals surface area contributed by atoms with Crippen molar-refractivity contribution >= 4 is 5.91 Å². The fourth-order valence-corrected chi connectivity index (χ4v) is 2.60. The maximum absolute atomic E-state index is 11.8. The Kier molecular flexibility index (Phi) is 5.16. The number of carbonyl (C=O) groups excluding carboxylic acids is 1. The number of amides is 1. The monoisotopic (exact) mass is 272 g/mol. The van der Waals surface area contributed by atoms with Crippen LogP contribution >= 0.6 is 0 Å². The largest absolute Gasteiger partial charge is 0.384 e. The first-order chi connectivity index (χ1) is 9.74. The molecule has 0 spiro atoms. The maximum atomic E-state index is 11.8. The maximum Gasteiger partial charge on any atom is 0.237 e. The molecule has 2 rings (SSSR count). The topological polar surface area (TPSA) is 52.6 Å². The molecule has 1 aliphatic heterocycles. The van der Waals surface area contributed by atoms with E-state index in [1.54, 1.807) is 7.05 Å². The van der Waals surface area contributed by atoms with Crippen molar-refractivity contribution < 1.29 is 9.90 Å². The molecule has 1 unspecified atom stereocenters. The molecule has 0 saturated carbocycles. The molecular formula is C16H20N2O2. The smallest absolute Gasteiger partial charge is 0.237 e. The van der Waals surface area contributed by atoms with Crippen LogP contribution in [-0.4, -0.2) is 42.2 Å². The average Bonchev–Trinajstić information content (AvgIpc) is 2.93. The molecule has 106 valence electrons. The Morgan fingerprint density at radius 2 is 2.40 bits per heavy atom. The quantitative estimate of drug-likeness (QED) is 0.798. The zero-order chi connectivity index (χ0) is 14.4. The third-order valence-electron chi connectivity index (χ3n) is 3.54. The summed E-state index contributed by atoms with van der Waals surface area (Å²) in [6.07, 6.45) is 1.98. The van der Waals surface area contributed by atoms with Crippen LogP contribution in [0.3, 0.4) is 0 Å². The molecule has 1 fully saturated rings. The Hall–Kier alpha value is -1.83. The van der Waals surface area contributed by atoms with E-state index in [1.165, 1.54) is 0 Å². The SMILES string of the molecule is CNC(=O)C1CCCN1Cc1cccc(C#CCO)c1. The number of aliphatic hydroxyl groups is 1. The highest BCUT2D eigenvalue weighted by Gasteiger charge is 2.29. The van der Waals surface area contributed by atoms with Gasteiger partial charge in [0.15, 0.2) is 0 Å². The lowest BCUT2D eigenvalue weighted by molar-refractivity contribution is -0.125. The number of nitrogens with zero attached hydrogens (tertiary/aromatic N) is 1. The van der Waals surface area contributed by atoms with Crippen molar-refractivity contribution in [3.8, 4) is 11.8 Å². The number of hydrogen-bond donors (Lipinski definition) is 2. The lowest BCUT2D eigenvalue weighted by Crippen LogP contribution is -2.41. The third-order valence-corrected chi connectivity index (χ3v) is 3.54. The van der Waals surface area contributed by atoms with Gasteiger partial charge in [0.25, 0.3) is 0 Å². The minimum Gasteiger partial charge on any atom is -0.384 e. The fourth-order valence-electron chi connectivity index (χ4n) is 2.60. The Labute approximate surface area is 119 Å². The number of benzene rings is 1. The average molecular weight is 272 g/mol. The highest BCUT2D eigenvalue weighted by atomic mass is 16.2. The van der Waals surface area contributed by atoms with Gasteiger partial charge < -0.3 is 10.4 Å². The number of likely N-dealkylation sites (N-methyl/N-ethyl adjacent to an activating group) is 1. The van der Waals surface area contributed by atoms with E-state index < -0.39 is 0 Å². The zero-order valence-corrected chi connectivity index (χ0v) is 11.7. The lowest BCUT2D eigenvalue weighted by atomic mass is 10.1. The van der Waals surface area contributed by atoms with Crippen LogP contribution in [0.1, 0.15) is 24.0 Å². The second kappa shape index (κ2) is 7.09. The van der Waals surface area contributed by atoms with Gasteiger partial charge in [-0.05, 0) is 37.1 Å². The Bertz CT molecular complexity index is 531. The molecule has 1 aliphatic rings. The van der Waals surface area contributed by atoms with Crippen molar-refractivity contribution in [1.82, 2.24) is 10.2 Å². The van der Waals surface area contributed by atoms with Crippen molar-refractivity contribution in [2.75, 3.05) is 20.2 Å². The van der Waals surface area contributed by atoms with Crippen LogP contribution in [-0.2, 0) is 11.3 Å². The second-order valence-electron chi connectivity index (χ2n) is 4.90. The number of aliphatic hydroxyl groups excluding tert-OH is 1. The summed E-state index contributed by atoms with van der Waals surface area (Å²) in [5.41, 5.74) is 2.04. The standard InChI is InChI=1S/C16H20N2O2/c1-17-16(20)15-8-3-9-18(15)12-14-6-2-5-13(11-14)7-4-10-19/h2,5-6,11,15,19H,3,8-10,12H2,1H3,(H,17,20). The molecule has 1 amide bonds. The van der Waals surface area contributed by atoms with Crippen molar-refractivity contribution in [3.05, 3.63) is 35.4 Å². The van der Waals surface area contributed by atoms with Crippen molar-refractivity contribution in [3.63, 3.8) is 0 Å². The minimum absolute atomic E-state index is 0.0211. The first-order valence-electron chi connectivity index (χ1n) is 6.89. The van der Waals surface area contributed by atoms with Gasteiger partial charge >= 0.3 is 0 Å². The molecule has 1 aromatic rings. The van der Waals surface area contributed by atoms with Crippen LogP contribution in [0.5, 0.6) is 0 Å². The molecule has 4 nitrogen and oxygen atoms in total. The van der Waals surface area contributed by atoms with Crippen LogP contribution in [0.4, 0.5) is 0 Å². The second-order valence-corrected chi connectivity index (χ2v) is 4.90. The van der Waals surface area contributed by atoms with E-state index in [1.807, 2.05) is 24.3 Å². The van der Waals surface area contributed by atoms with E-state index in [-0.39, 0.29) is 18.6 Å². The van der Waals surface area contributed by atoms with Crippen molar-refractivity contribution in [1.29, 1.82) is 0 Å². The fraction of sp³-hybridized carbons (Fsp3) is 0.438. The van der Waals surface area contributed by atoms with Crippen molar-refractivity contribution in [2.45, 2.75) is 25.4 Å². The third kappa shape index (κ3) is 3.60. The van der Waals surface area contributed by atoms with E-state index in [0.29, 0.717) is 0 Å². The highest BCUT2D eigenvalue weighted by Crippen LogP contribution is 2.20. The summed E-state index contributed by atoms with van der Waals surface area (Å²) in [6, 6.07) is 7.92. The van der Waals surface area contributed by atoms with Gasteiger partial charge in [-0.1, -0.05) is 24.0 Å². The van der Waals surface area contributed by atoms with E-state index >= 15 is 0 Å². The molecule has 1 aromatic carbocycles. The normalized spacial score (nSPS) is 18.4. The van der Waals surface area contributed by atoms with Gasteiger partial charge in [0.05, 0.1) is 6.04 Å². The molecule has 1 saturated heterocycles. The van der Waals surface area contributed by atoms with Crippen LogP contribution in [0, 0.1) is 11.8 Å². The number of carbonyl (C=O) groups is 1. The summed E-state index contributed by atoms with van der Waals surface area (Å²) in [5, 5.41) is 11.5. The first kappa shape index (κ1) is 14.6. The van der Waals surface area contributed by atoms with E-state index in [0.717, 1.165) is 37.1 Å². The first-order valence-corrected chi connectivity index (χ1v) is 6.89. The summed E-state index contributed by atoms with van der Waals surface area (Å²) in [5.74, 6) is 5.65.